The number of nitro groups is 1. The van der Waals surface area contributed by atoms with Crippen LogP contribution in [0, 0.1) is 10.1 Å². The zero-order chi connectivity index (χ0) is 9.68. The normalized spacial score (nSPS) is 9.21. The van der Waals surface area contributed by atoms with Gasteiger partial charge in [-0.05, 0) is 6.07 Å². The van der Waals surface area contributed by atoms with Crippen LogP contribution in [0.25, 0.3) is 0 Å². The van der Waals surface area contributed by atoms with Crippen molar-refractivity contribution in [2.24, 2.45) is 0 Å². The number of nitrogens with zero attached hydrogens (tertiary/aromatic N) is 1. The number of hydrogen-bond acceptors (Lipinski definition) is 6. The standard InChI is InChI=1S/C6H5NO5S.Na/c8-7(9)5-2-1-3-6(4-5)13-12-11-10;/h1-4,10H;. The van der Waals surface area contributed by atoms with Crippen molar-refractivity contribution in [3.05, 3.63) is 34.4 Å². The molecule has 0 aliphatic carbocycles. The maximum Gasteiger partial charge on any atom is 0.270 e. The van der Waals surface area contributed by atoms with Gasteiger partial charge in [0.2, 0.25) is 0 Å². The van der Waals surface area contributed by atoms with Crippen molar-refractivity contribution in [3.8, 4) is 0 Å². The van der Waals surface area contributed by atoms with E-state index in [1.54, 1.807) is 6.07 Å². The van der Waals surface area contributed by atoms with Crippen molar-refractivity contribution in [1.29, 1.82) is 0 Å². The Morgan fingerprint density at radius 3 is 2.79 bits per heavy atom. The minimum Gasteiger partial charge on any atom is -0.258 e. The van der Waals surface area contributed by atoms with Gasteiger partial charge in [0.25, 0.3) is 5.69 Å². The Kier molecular flexibility index (Phi) is 7.11. The molecule has 0 aliphatic rings. The molecule has 0 aromatic heterocycles. The molecule has 0 saturated heterocycles. The number of hydrogen-bond donors (Lipinski definition) is 1. The van der Waals surface area contributed by atoms with E-state index >= 15 is 0 Å². The fourth-order valence-corrected chi connectivity index (χ4v) is 1.12. The molecular weight excluding hydrogens is 221 g/mol. The average Bonchev–Trinajstić information content (AvgIpc) is 2.15. The third-order valence-electron chi connectivity index (χ3n) is 1.19. The Morgan fingerprint density at radius 2 is 2.21 bits per heavy atom. The van der Waals surface area contributed by atoms with E-state index in [0.29, 0.717) is 16.9 Å². The number of benzene rings is 1. The van der Waals surface area contributed by atoms with Gasteiger partial charge < -0.3 is 0 Å². The summed E-state index contributed by atoms with van der Waals surface area (Å²) in [5, 5.41) is 21.5. The SMILES string of the molecule is O=[N+]([O-])c1cccc(SOOO)c1.[Na]. The van der Waals surface area contributed by atoms with Gasteiger partial charge in [-0.25, -0.2) is 5.26 Å². The molecule has 1 aromatic carbocycles. The van der Waals surface area contributed by atoms with Crippen LogP contribution in [0.4, 0.5) is 5.69 Å². The molecule has 1 radical (unpaired) electrons. The molecule has 0 spiro atoms. The Morgan fingerprint density at radius 1 is 1.50 bits per heavy atom. The second kappa shape index (κ2) is 7.18. The van der Waals surface area contributed by atoms with Gasteiger partial charge in [0, 0.05) is 46.6 Å². The molecule has 8 heteroatoms. The molecule has 0 unspecified atom stereocenters. The zero-order valence-electron chi connectivity index (χ0n) is 7.25. The van der Waals surface area contributed by atoms with E-state index in [2.05, 4.69) is 9.37 Å². The van der Waals surface area contributed by atoms with E-state index < -0.39 is 4.92 Å². The third kappa shape index (κ3) is 4.38. The third-order valence-corrected chi connectivity index (χ3v) is 1.76. The minimum absolute atomic E-state index is 0. The molecule has 14 heavy (non-hydrogen) atoms. The van der Waals surface area contributed by atoms with Crippen LogP contribution in [0.5, 0.6) is 0 Å². The minimum atomic E-state index is -0.524. The molecule has 6 nitrogen and oxygen atoms in total. The van der Waals surface area contributed by atoms with E-state index in [0.717, 1.165) is 0 Å². The molecule has 0 aliphatic heterocycles. The Hall–Kier alpha value is -0.150. The number of rotatable bonds is 4. The molecule has 0 heterocycles. The molecule has 0 amide bonds. The first kappa shape index (κ1) is 13.8. The van der Waals surface area contributed by atoms with E-state index in [9.17, 15) is 10.1 Å². The molecule has 1 aromatic rings. The Labute approximate surface area is 106 Å². The number of nitro benzene ring substituents is 1. The van der Waals surface area contributed by atoms with Crippen molar-refractivity contribution in [1.82, 2.24) is 0 Å². The summed E-state index contributed by atoms with van der Waals surface area (Å²) in [4.78, 5) is 10.2. The van der Waals surface area contributed by atoms with Crippen LogP contribution in [0.2, 0.25) is 0 Å². The smallest absolute Gasteiger partial charge is 0.258 e. The van der Waals surface area contributed by atoms with E-state index in [1.807, 2.05) is 0 Å². The van der Waals surface area contributed by atoms with Gasteiger partial charge in [-0.15, -0.1) is 4.33 Å². The van der Waals surface area contributed by atoms with Crippen molar-refractivity contribution < 1.29 is 19.6 Å². The topological polar surface area (TPSA) is 81.8 Å². The summed E-state index contributed by atoms with van der Waals surface area (Å²) >= 11 is 0.675. The van der Waals surface area contributed by atoms with Crippen LogP contribution in [-0.4, -0.2) is 39.7 Å². The Bertz CT molecular complexity index is 310. The van der Waals surface area contributed by atoms with E-state index in [1.165, 1.54) is 18.2 Å². The van der Waals surface area contributed by atoms with Crippen LogP contribution < -0.4 is 0 Å². The maximum absolute atomic E-state index is 10.3. The largest absolute Gasteiger partial charge is 0.270 e. The molecule has 1 rings (SSSR count). The summed E-state index contributed by atoms with van der Waals surface area (Å²) in [5.74, 6) is 0. The van der Waals surface area contributed by atoms with Crippen LogP contribution in [0.15, 0.2) is 29.2 Å². The quantitative estimate of drug-likeness (QED) is 0.276. The first-order valence-corrected chi connectivity index (χ1v) is 3.87. The number of non-ortho nitro benzene ring substituents is 1. The van der Waals surface area contributed by atoms with Gasteiger partial charge in [0.1, 0.15) is 0 Å². The van der Waals surface area contributed by atoms with Crippen LogP contribution >= 0.6 is 12.0 Å². The molecular formula is C6H5NNaO5S. The summed E-state index contributed by atoms with van der Waals surface area (Å²) < 4.78 is 4.10. The predicted octanol–water partition coefficient (Wildman–Crippen LogP) is 1.64. The molecule has 71 valence electrons. The maximum atomic E-state index is 10.3. The molecule has 1 N–H and O–H groups in total. The summed E-state index contributed by atoms with van der Waals surface area (Å²) in [5.41, 5.74) is -0.0495. The monoisotopic (exact) mass is 226 g/mol. The van der Waals surface area contributed by atoms with Crippen LogP contribution in [0.3, 0.4) is 0 Å². The second-order valence-electron chi connectivity index (χ2n) is 1.98. The van der Waals surface area contributed by atoms with Gasteiger partial charge in [-0.3, -0.25) is 10.1 Å². The van der Waals surface area contributed by atoms with Crippen molar-refractivity contribution in [2.75, 3.05) is 0 Å². The van der Waals surface area contributed by atoms with Gasteiger partial charge >= 0.3 is 0 Å². The fourth-order valence-electron chi connectivity index (χ4n) is 0.703. The summed E-state index contributed by atoms with van der Waals surface area (Å²) in [6, 6.07) is 5.73. The van der Waals surface area contributed by atoms with E-state index in [-0.39, 0.29) is 35.2 Å². The molecule has 0 bridgehead atoms. The van der Waals surface area contributed by atoms with Gasteiger partial charge in [0.15, 0.2) is 0 Å². The van der Waals surface area contributed by atoms with E-state index in [4.69, 9.17) is 5.26 Å². The van der Waals surface area contributed by atoms with Crippen molar-refractivity contribution >= 4 is 47.3 Å². The first-order valence-electron chi connectivity index (χ1n) is 3.13. The summed E-state index contributed by atoms with van der Waals surface area (Å²) in [7, 11) is 0. The molecule has 0 atom stereocenters. The van der Waals surface area contributed by atoms with Crippen LogP contribution in [-0.2, 0) is 9.37 Å². The Balaban J connectivity index is 0.00000169. The van der Waals surface area contributed by atoms with Gasteiger partial charge in [-0.1, -0.05) is 11.1 Å². The second-order valence-corrected chi connectivity index (χ2v) is 2.75. The van der Waals surface area contributed by atoms with Crippen LogP contribution in [0.1, 0.15) is 0 Å². The van der Waals surface area contributed by atoms with Gasteiger partial charge in [-0.2, -0.15) is 0 Å². The average molecular weight is 226 g/mol. The van der Waals surface area contributed by atoms with Crippen molar-refractivity contribution in [3.63, 3.8) is 0 Å². The summed E-state index contributed by atoms with van der Waals surface area (Å²) in [6.45, 7) is 0. The predicted molar refractivity (Wildman–Crippen MR) is 49.5 cm³/mol. The first-order chi connectivity index (χ1) is 6.24. The zero-order valence-corrected chi connectivity index (χ0v) is 10.1. The fraction of sp³-hybridized carbons (Fsp3) is 0. The molecule has 0 fully saturated rings. The molecule has 0 saturated carbocycles. The van der Waals surface area contributed by atoms with Crippen molar-refractivity contribution in [2.45, 2.75) is 4.90 Å². The summed E-state index contributed by atoms with van der Waals surface area (Å²) in [6.07, 6.45) is 0. The van der Waals surface area contributed by atoms with Gasteiger partial charge in [0.05, 0.1) is 17.0 Å².